The van der Waals surface area contributed by atoms with Crippen LogP contribution in [0, 0.1) is 5.82 Å². The summed E-state index contributed by atoms with van der Waals surface area (Å²) in [5.41, 5.74) is -0.307. The van der Waals surface area contributed by atoms with Gasteiger partial charge in [-0.15, -0.1) is 0 Å². The van der Waals surface area contributed by atoms with Gasteiger partial charge in [-0.05, 0) is 36.3 Å². The standard InChI is InChI=1S/C16H15ClFN3O5S/c1-25-13(22)8-26-14(23)9-6-12(11(18)7-10(9)17)19-15-20-4-2-3-5-21(20)16(24)27-15/h6-7H,2-5,8H2,1H3. The van der Waals surface area contributed by atoms with Crippen LogP contribution in [0.5, 0.6) is 0 Å². The van der Waals surface area contributed by atoms with E-state index < -0.39 is 24.4 Å². The molecule has 3 rings (SSSR count). The molecule has 0 saturated carbocycles. The van der Waals surface area contributed by atoms with Gasteiger partial charge in [0.05, 0.1) is 17.7 Å². The fourth-order valence-electron chi connectivity index (χ4n) is 2.56. The van der Waals surface area contributed by atoms with Crippen LogP contribution in [0.15, 0.2) is 21.9 Å². The molecule has 0 saturated heterocycles. The lowest BCUT2D eigenvalue weighted by atomic mass is 10.2. The molecule has 11 heteroatoms. The second-order valence-corrected chi connectivity index (χ2v) is 6.98. The Balaban J connectivity index is 1.99. The molecule has 0 N–H and O–H groups in total. The summed E-state index contributed by atoms with van der Waals surface area (Å²) in [6, 6.07) is 2.06. The van der Waals surface area contributed by atoms with E-state index >= 15 is 0 Å². The summed E-state index contributed by atoms with van der Waals surface area (Å²) in [4.78, 5) is 39.6. The van der Waals surface area contributed by atoms with Crippen molar-refractivity contribution >= 4 is 40.6 Å². The monoisotopic (exact) mass is 415 g/mol. The van der Waals surface area contributed by atoms with E-state index in [9.17, 15) is 18.8 Å². The molecule has 1 aliphatic heterocycles. The lowest BCUT2D eigenvalue weighted by Gasteiger charge is -2.15. The Labute approximate surface area is 161 Å². The van der Waals surface area contributed by atoms with Gasteiger partial charge in [0.1, 0.15) is 11.5 Å². The fraction of sp³-hybridized carbons (Fsp3) is 0.375. The lowest BCUT2D eigenvalue weighted by molar-refractivity contribution is -0.144. The van der Waals surface area contributed by atoms with E-state index in [-0.39, 0.29) is 21.1 Å². The predicted octanol–water partition coefficient (Wildman–Crippen LogP) is 1.86. The highest BCUT2D eigenvalue weighted by Gasteiger charge is 2.18. The van der Waals surface area contributed by atoms with Crippen molar-refractivity contribution in [1.29, 1.82) is 0 Å². The number of esters is 2. The zero-order chi connectivity index (χ0) is 19.6. The highest BCUT2D eigenvalue weighted by atomic mass is 35.5. The molecule has 1 aromatic heterocycles. The van der Waals surface area contributed by atoms with E-state index in [0.717, 1.165) is 43.4 Å². The summed E-state index contributed by atoms with van der Waals surface area (Å²) < 4.78 is 26.7. The number of ether oxygens (including phenoxy) is 2. The predicted molar refractivity (Wildman–Crippen MR) is 94.7 cm³/mol. The third-order valence-corrected chi connectivity index (χ3v) is 5.10. The Hall–Kier alpha value is -2.46. The number of carbonyl (C=O) groups excluding carboxylic acids is 2. The van der Waals surface area contributed by atoms with Gasteiger partial charge in [0.25, 0.3) is 0 Å². The van der Waals surface area contributed by atoms with Crippen LogP contribution < -0.4 is 9.67 Å². The molecule has 0 amide bonds. The Kier molecular flexibility index (Phi) is 5.76. The average Bonchev–Trinajstić information content (AvgIpc) is 2.97. The van der Waals surface area contributed by atoms with Crippen molar-refractivity contribution in [3.8, 4) is 0 Å². The number of hydrogen-bond acceptors (Lipinski definition) is 7. The van der Waals surface area contributed by atoms with Crippen molar-refractivity contribution in [3.05, 3.63) is 43.0 Å². The van der Waals surface area contributed by atoms with Gasteiger partial charge < -0.3 is 9.47 Å². The smallest absolute Gasteiger partial charge is 0.344 e. The molecule has 0 bridgehead atoms. The zero-order valence-electron chi connectivity index (χ0n) is 14.2. The molecule has 2 heterocycles. The van der Waals surface area contributed by atoms with Gasteiger partial charge in [-0.25, -0.2) is 23.7 Å². The lowest BCUT2D eigenvalue weighted by Crippen LogP contribution is -2.31. The molecule has 1 aliphatic rings. The number of carbonyl (C=O) groups is 2. The van der Waals surface area contributed by atoms with Crippen LogP contribution >= 0.6 is 22.9 Å². The van der Waals surface area contributed by atoms with Crippen molar-refractivity contribution in [1.82, 2.24) is 9.36 Å². The summed E-state index contributed by atoms with van der Waals surface area (Å²) in [5.74, 6) is -2.41. The minimum Gasteiger partial charge on any atom is -0.466 e. The van der Waals surface area contributed by atoms with E-state index in [2.05, 4.69) is 9.73 Å². The normalized spacial score (nSPS) is 14.0. The number of methoxy groups -OCH3 is 1. The van der Waals surface area contributed by atoms with E-state index in [1.165, 1.54) is 0 Å². The van der Waals surface area contributed by atoms with Gasteiger partial charge in [0, 0.05) is 13.1 Å². The maximum atomic E-state index is 14.3. The molecule has 27 heavy (non-hydrogen) atoms. The first-order valence-electron chi connectivity index (χ1n) is 7.99. The Morgan fingerprint density at radius 1 is 1.30 bits per heavy atom. The number of rotatable bonds is 4. The van der Waals surface area contributed by atoms with Gasteiger partial charge >= 0.3 is 16.8 Å². The topological polar surface area (TPSA) is 91.9 Å². The van der Waals surface area contributed by atoms with E-state index in [4.69, 9.17) is 16.3 Å². The van der Waals surface area contributed by atoms with Crippen LogP contribution in [0.4, 0.5) is 10.1 Å². The summed E-state index contributed by atoms with van der Waals surface area (Å²) in [5, 5.41) is -0.180. The van der Waals surface area contributed by atoms with Crippen LogP contribution in [-0.2, 0) is 27.4 Å². The number of fused-ring (bicyclic) bond motifs is 1. The van der Waals surface area contributed by atoms with Crippen molar-refractivity contribution in [2.24, 2.45) is 4.99 Å². The summed E-state index contributed by atoms with van der Waals surface area (Å²) in [6.07, 6.45) is 1.78. The Morgan fingerprint density at radius 3 is 2.70 bits per heavy atom. The van der Waals surface area contributed by atoms with Gasteiger partial charge in [-0.1, -0.05) is 11.6 Å². The molecule has 0 unspecified atom stereocenters. The molecular weight excluding hydrogens is 401 g/mol. The van der Waals surface area contributed by atoms with Gasteiger partial charge in [0.2, 0.25) is 4.80 Å². The second-order valence-electron chi connectivity index (χ2n) is 5.65. The van der Waals surface area contributed by atoms with Crippen LogP contribution in [-0.4, -0.2) is 35.0 Å². The molecule has 8 nitrogen and oxygen atoms in total. The molecule has 0 fully saturated rings. The van der Waals surface area contributed by atoms with Crippen LogP contribution in [0.3, 0.4) is 0 Å². The number of halogens is 2. The van der Waals surface area contributed by atoms with Crippen LogP contribution in [0.1, 0.15) is 23.2 Å². The average molecular weight is 416 g/mol. The first-order chi connectivity index (χ1) is 12.9. The molecule has 144 valence electrons. The van der Waals surface area contributed by atoms with Crippen molar-refractivity contribution in [3.63, 3.8) is 0 Å². The fourth-order valence-corrected chi connectivity index (χ4v) is 3.68. The maximum Gasteiger partial charge on any atom is 0.344 e. The second kappa shape index (κ2) is 8.05. The van der Waals surface area contributed by atoms with Gasteiger partial charge in [-0.2, -0.15) is 0 Å². The minimum absolute atomic E-state index is 0.147. The summed E-state index contributed by atoms with van der Waals surface area (Å²) >= 11 is 6.81. The van der Waals surface area contributed by atoms with Gasteiger partial charge in [-0.3, -0.25) is 9.48 Å². The largest absolute Gasteiger partial charge is 0.466 e. The molecular formula is C16H15ClFN3O5S. The number of aromatic nitrogens is 2. The molecule has 0 spiro atoms. The summed E-state index contributed by atoms with van der Waals surface area (Å²) in [7, 11) is 1.15. The van der Waals surface area contributed by atoms with Crippen LogP contribution in [0.2, 0.25) is 5.02 Å². The highest BCUT2D eigenvalue weighted by molar-refractivity contribution is 7.06. The number of nitrogens with zero attached hydrogens (tertiary/aromatic N) is 3. The minimum atomic E-state index is -0.915. The first kappa shape index (κ1) is 19.3. The molecule has 0 radical (unpaired) electrons. The highest BCUT2D eigenvalue weighted by Crippen LogP contribution is 2.26. The number of benzene rings is 1. The first-order valence-corrected chi connectivity index (χ1v) is 9.18. The Bertz CT molecular complexity index is 1030. The third-order valence-electron chi connectivity index (χ3n) is 3.91. The third kappa shape index (κ3) is 4.11. The van der Waals surface area contributed by atoms with Crippen molar-refractivity contribution < 1.29 is 23.5 Å². The Morgan fingerprint density at radius 2 is 2.00 bits per heavy atom. The molecule has 0 atom stereocenters. The van der Waals surface area contributed by atoms with Crippen molar-refractivity contribution in [2.75, 3.05) is 13.7 Å². The molecule has 1 aromatic carbocycles. The van der Waals surface area contributed by atoms with E-state index in [0.29, 0.717) is 17.9 Å². The van der Waals surface area contributed by atoms with Gasteiger partial charge in [0.15, 0.2) is 6.61 Å². The quantitative estimate of drug-likeness (QED) is 0.711. The van der Waals surface area contributed by atoms with Crippen LogP contribution in [0.25, 0.3) is 0 Å². The molecule has 0 aliphatic carbocycles. The van der Waals surface area contributed by atoms with Crippen molar-refractivity contribution in [2.45, 2.75) is 25.9 Å². The molecule has 2 aromatic rings. The van der Waals surface area contributed by atoms with E-state index in [1.807, 2.05) is 0 Å². The number of hydrogen-bond donors (Lipinski definition) is 0. The maximum absolute atomic E-state index is 14.3. The zero-order valence-corrected chi connectivity index (χ0v) is 15.8. The summed E-state index contributed by atoms with van der Waals surface area (Å²) in [6.45, 7) is 0.583. The van der Waals surface area contributed by atoms with E-state index in [1.54, 1.807) is 9.36 Å². The SMILES string of the molecule is COC(=O)COC(=O)c1cc(N=c2sc(=O)n3n2CCCC3)c(F)cc1Cl.